The van der Waals surface area contributed by atoms with E-state index in [1.54, 1.807) is 0 Å². The van der Waals surface area contributed by atoms with Crippen LogP contribution < -0.4 is 0 Å². The monoisotopic (exact) mass is 632 g/mol. The van der Waals surface area contributed by atoms with Crippen molar-refractivity contribution in [2.75, 3.05) is 0 Å². The highest BCUT2D eigenvalue weighted by Gasteiger charge is 2.16. The molecule has 10 rings (SSSR count). The number of benzene rings is 10. The van der Waals surface area contributed by atoms with E-state index in [0.29, 0.717) is 0 Å². The Labute approximate surface area is 291 Å². The SMILES string of the molecule is c1ccc(-c2cccc(-c3cc(-c4ccccc4)c4ccc(-c5cc6c7ccccc7c7ccccc7c6c6ccccc56)cc4c3)c2)cc1. The Balaban J connectivity index is 1.24. The Morgan fingerprint density at radius 2 is 0.680 bits per heavy atom. The highest BCUT2D eigenvalue weighted by Crippen LogP contribution is 2.44. The molecule has 0 aliphatic rings. The van der Waals surface area contributed by atoms with Crippen molar-refractivity contribution in [3.05, 3.63) is 194 Å². The molecule has 0 saturated heterocycles. The summed E-state index contributed by atoms with van der Waals surface area (Å²) >= 11 is 0. The summed E-state index contributed by atoms with van der Waals surface area (Å²) in [5, 5.41) is 12.9. The van der Waals surface area contributed by atoms with Gasteiger partial charge in [0, 0.05) is 0 Å². The smallest absolute Gasteiger partial charge is 0.00199 e. The van der Waals surface area contributed by atoms with Crippen molar-refractivity contribution in [1.82, 2.24) is 0 Å². The van der Waals surface area contributed by atoms with Crippen molar-refractivity contribution in [3.63, 3.8) is 0 Å². The van der Waals surface area contributed by atoms with E-state index in [1.807, 2.05) is 0 Å². The first-order chi connectivity index (χ1) is 24.8. The minimum atomic E-state index is 1.21. The van der Waals surface area contributed by atoms with Gasteiger partial charge in [-0.1, -0.05) is 164 Å². The van der Waals surface area contributed by atoms with Crippen molar-refractivity contribution in [3.8, 4) is 44.5 Å². The first-order valence-corrected chi connectivity index (χ1v) is 17.3. The number of hydrogen-bond acceptors (Lipinski definition) is 0. The summed E-state index contributed by atoms with van der Waals surface area (Å²) < 4.78 is 0. The van der Waals surface area contributed by atoms with E-state index in [-0.39, 0.29) is 0 Å². The third-order valence-electron chi connectivity index (χ3n) is 10.4. The maximum Gasteiger partial charge on any atom is -0.00199 e. The second-order valence-corrected chi connectivity index (χ2v) is 13.3. The van der Waals surface area contributed by atoms with Gasteiger partial charge in [0.1, 0.15) is 0 Å². The summed E-state index contributed by atoms with van der Waals surface area (Å²) in [5.74, 6) is 0. The molecule has 10 aromatic carbocycles. The van der Waals surface area contributed by atoms with E-state index in [0.717, 1.165) is 0 Å². The lowest BCUT2D eigenvalue weighted by Crippen LogP contribution is -1.90. The van der Waals surface area contributed by atoms with Gasteiger partial charge in [0.05, 0.1) is 0 Å². The molecule has 0 bridgehead atoms. The average Bonchev–Trinajstić information content (AvgIpc) is 3.20. The number of fused-ring (bicyclic) bond motifs is 9. The van der Waals surface area contributed by atoms with Crippen LogP contribution in [-0.2, 0) is 0 Å². The normalized spacial score (nSPS) is 11.6. The van der Waals surface area contributed by atoms with E-state index in [9.17, 15) is 0 Å². The van der Waals surface area contributed by atoms with Crippen LogP contribution in [0, 0.1) is 0 Å². The van der Waals surface area contributed by atoms with Crippen molar-refractivity contribution >= 4 is 53.9 Å². The lowest BCUT2D eigenvalue weighted by atomic mass is 9.86. The predicted octanol–water partition coefficient (Wildman–Crippen LogP) is 14.1. The molecule has 50 heavy (non-hydrogen) atoms. The van der Waals surface area contributed by atoms with Crippen LogP contribution in [0.5, 0.6) is 0 Å². The van der Waals surface area contributed by atoms with E-state index < -0.39 is 0 Å². The summed E-state index contributed by atoms with van der Waals surface area (Å²) in [6.45, 7) is 0. The highest BCUT2D eigenvalue weighted by atomic mass is 14.2. The first kappa shape index (κ1) is 28.5. The first-order valence-electron chi connectivity index (χ1n) is 17.3. The molecule has 0 aliphatic heterocycles. The molecule has 0 atom stereocenters. The number of rotatable bonds is 4. The van der Waals surface area contributed by atoms with Gasteiger partial charge in [0.2, 0.25) is 0 Å². The molecule has 0 nitrogen and oxygen atoms in total. The third kappa shape index (κ3) is 4.61. The van der Waals surface area contributed by atoms with Crippen LogP contribution in [-0.4, -0.2) is 0 Å². The van der Waals surface area contributed by atoms with E-state index in [4.69, 9.17) is 0 Å². The fraction of sp³-hybridized carbons (Fsp3) is 0. The second kappa shape index (κ2) is 11.6. The van der Waals surface area contributed by atoms with Crippen LogP contribution >= 0.6 is 0 Å². The van der Waals surface area contributed by atoms with Crippen LogP contribution in [0.4, 0.5) is 0 Å². The molecule has 232 valence electrons. The topological polar surface area (TPSA) is 0 Å². The third-order valence-corrected chi connectivity index (χ3v) is 10.4. The Morgan fingerprint density at radius 1 is 0.200 bits per heavy atom. The van der Waals surface area contributed by atoms with Crippen molar-refractivity contribution in [1.29, 1.82) is 0 Å². The largest absolute Gasteiger partial charge is 0.0622 e. The zero-order valence-electron chi connectivity index (χ0n) is 27.5. The summed E-state index contributed by atoms with van der Waals surface area (Å²) in [7, 11) is 0. The van der Waals surface area contributed by atoms with Crippen LogP contribution in [0.3, 0.4) is 0 Å². The van der Waals surface area contributed by atoms with Gasteiger partial charge in [0.15, 0.2) is 0 Å². The molecule has 0 radical (unpaired) electrons. The van der Waals surface area contributed by atoms with Crippen molar-refractivity contribution in [2.45, 2.75) is 0 Å². The van der Waals surface area contributed by atoms with Crippen LogP contribution in [0.15, 0.2) is 194 Å². The highest BCUT2D eigenvalue weighted by molar-refractivity contribution is 6.33. The summed E-state index contributed by atoms with van der Waals surface area (Å²) in [4.78, 5) is 0. The standard InChI is InChI=1S/C50H32/c1-3-14-33(15-4-1)35-18-13-19-36(28-35)38-30-39-29-37(26-27-40(39)47(31-38)34-16-5-2-6-17-34)48-32-49-43-22-8-7-20-41(43)42-21-9-11-24-45(42)50(49)46-25-12-10-23-44(46)48/h1-32H. The van der Waals surface area contributed by atoms with Gasteiger partial charge in [-0.05, 0) is 129 Å². The lowest BCUT2D eigenvalue weighted by molar-refractivity contribution is 1.59. The predicted molar refractivity (Wildman–Crippen MR) is 216 cm³/mol. The number of hydrogen-bond donors (Lipinski definition) is 0. The second-order valence-electron chi connectivity index (χ2n) is 13.3. The molecule has 10 aromatic rings. The molecule has 0 spiro atoms. The minimum absolute atomic E-state index is 1.21. The molecule has 0 aliphatic carbocycles. The maximum absolute atomic E-state index is 2.44. The van der Waals surface area contributed by atoms with Gasteiger partial charge in [-0.2, -0.15) is 0 Å². The van der Waals surface area contributed by atoms with Crippen molar-refractivity contribution in [2.24, 2.45) is 0 Å². The van der Waals surface area contributed by atoms with Gasteiger partial charge in [-0.15, -0.1) is 0 Å². The van der Waals surface area contributed by atoms with E-state index in [2.05, 4.69) is 194 Å². The zero-order chi connectivity index (χ0) is 33.0. The van der Waals surface area contributed by atoms with Gasteiger partial charge < -0.3 is 0 Å². The van der Waals surface area contributed by atoms with Gasteiger partial charge in [-0.3, -0.25) is 0 Å². The average molecular weight is 633 g/mol. The van der Waals surface area contributed by atoms with Crippen LogP contribution in [0.1, 0.15) is 0 Å². The molecule has 0 unspecified atom stereocenters. The van der Waals surface area contributed by atoms with Crippen LogP contribution in [0.2, 0.25) is 0 Å². The molecule has 0 N–H and O–H groups in total. The molecule has 0 saturated carbocycles. The molecule has 0 heteroatoms. The van der Waals surface area contributed by atoms with Crippen LogP contribution in [0.25, 0.3) is 98.4 Å². The Morgan fingerprint density at radius 3 is 1.38 bits per heavy atom. The fourth-order valence-electron chi connectivity index (χ4n) is 8.08. The summed E-state index contributed by atoms with van der Waals surface area (Å²) in [5.41, 5.74) is 9.83. The fourth-order valence-corrected chi connectivity index (χ4v) is 8.08. The van der Waals surface area contributed by atoms with E-state index in [1.165, 1.54) is 98.4 Å². The van der Waals surface area contributed by atoms with Crippen molar-refractivity contribution < 1.29 is 0 Å². The molecule has 0 amide bonds. The maximum atomic E-state index is 2.44. The molecular formula is C50H32. The zero-order valence-corrected chi connectivity index (χ0v) is 27.5. The molecule has 0 aromatic heterocycles. The minimum Gasteiger partial charge on any atom is -0.0622 e. The quantitative estimate of drug-likeness (QED) is 0.169. The summed E-state index contributed by atoms with van der Waals surface area (Å²) in [6.07, 6.45) is 0. The Bertz CT molecular complexity index is 2900. The van der Waals surface area contributed by atoms with Gasteiger partial charge >= 0.3 is 0 Å². The Kier molecular flexibility index (Phi) is 6.60. The van der Waals surface area contributed by atoms with Gasteiger partial charge in [-0.25, -0.2) is 0 Å². The lowest BCUT2D eigenvalue weighted by Gasteiger charge is -2.17. The van der Waals surface area contributed by atoms with E-state index >= 15 is 0 Å². The molecular weight excluding hydrogens is 601 g/mol. The Hall–Kier alpha value is -6.50. The summed E-state index contributed by atoms with van der Waals surface area (Å²) in [6, 6.07) is 71.3. The van der Waals surface area contributed by atoms with Gasteiger partial charge in [0.25, 0.3) is 0 Å². The molecule has 0 heterocycles. The molecule has 0 fully saturated rings.